The summed E-state index contributed by atoms with van der Waals surface area (Å²) < 4.78 is 5.57. The van der Waals surface area contributed by atoms with Gasteiger partial charge in [0, 0.05) is 5.56 Å². The third-order valence-electron chi connectivity index (χ3n) is 2.55. The van der Waals surface area contributed by atoms with E-state index in [1.54, 1.807) is 42.5 Å². The van der Waals surface area contributed by atoms with E-state index in [1.807, 2.05) is 0 Å². The molecule has 3 nitrogen and oxygen atoms in total. The van der Waals surface area contributed by atoms with Gasteiger partial charge in [0.25, 0.3) is 0 Å². The number of hydrogen-bond acceptors (Lipinski definition) is 2. The molecule has 1 amide bonds. The predicted octanol–water partition coefficient (Wildman–Crippen LogP) is 3.67. The summed E-state index contributed by atoms with van der Waals surface area (Å²) in [6.45, 7) is 0.332. The third-order valence-corrected chi connectivity index (χ3v) is 3.35. The number of amides is 1. The van der Waals surface area contributed by atoms with Crippen molar-refractivity contribution in [1.82, 2.24) is 0 Å². The summed E-state index contributed by atoms with van der Waals surface area (Å²) in [5.74, 6) is 0.0681. The maximum Gasteiger partial charge on any atom is 0.248 e. The van der Waals surface area contributed by atoms with Gasteiger partial charge in [-0.05, 0) is 29.8 Å². The van der Waals surface area contributed by atoms with Crippen LogP contribution in [0, 0.1) is 0 Å². The largest absolute Gasteiger partial charge is 0.487 e. The lowest BCUT2D eigenvalue weighted by molar-refractivity contribution is 0.1000. The molecule has 98 valence electrons. The molecular weight excluding hydrogens is 285 g/mol. The maximum atomic E-state index is 10.9. The first-order valence-electron chi connectivity index (χ1n) is 5.53. The molecule has 0 bridgehead atoms. The molecule has 5 heteroatoms. The molecule has 2 rings (SSSR count). The van der Waals surface area contributed by atoms with Crippen LogP contribution in [0.1, 0.15) is 15.9 Å². The van der Waals surface area contributed by atoms with Gasteiger partial charge in [0.05, 0.1) is 5.02 Å². The highest BCUT2D eigenvalue weighted by Gasteiger charge is 2.06. The first-order chi connectivity index (χ1) is 9.08. The van der Waals surface area contributed by atoms with Crippen molar-refractivity contribution in [2.75, 3.05) is 0 Å². The molecule has 0 saturated heterocycles. The van der Waals surface area contributed by atoms with Crippen molar-refractivity contribution in [3.05, 3.63) is 63.6 Å². The van der Waals surface area contributed by atoms with E-state index in [2.05, 4.69) is 0 Å². The van der Waals surface area contributed by atoms with Crippen molar-refractivity contribution in [2.45, 2.75) is 6.61 Å². The molecule has 0 spiro atoms. The number of primary amides is 1. The number of rotatable bonds is 4. The highest BCUT2D eigenvalue weighted by Crippen LogP contribution is 2.31. The van der Waals surface area contributed by atoms with Crippen molar-refractivity contribution in [3.63, 3.8) is 0 Å². The first kappa shape index (κ1) is 13.7. The standard InChI is InChI=1S/C14H11Cl2NO2/c15-11-2-1-3-12(13(11)16)19-8-9-4-6-10(7-5-9)14(17)18/h1-7H,8H2,(H2,17,18). The maximum absolute atomic E-state index is 10.9. The van der Waals surface area contributed by atoms with Crippen LogP contribution in [0.15, 0.2) is 42.5 Å². The Kier molecular flexibility index (Phi) is 4.30. The van der Waals surface area contributed by atoms with E-state index in [0.717, 1.165) is 5.56 Å². The van der Waals surface area contributed by atoms with Crippen LogP contribution >= 0.6 is 23.2 Å². The minimum Gasteiger partial charge on any atom is -0.487 e. The first-order valence-corrected chi connectivity index (χ1v) is 6.29. The van der Waals surface area contributed by atoms with Crippen molar-refractivity contribution in [3.8, 4) is 5.75 Å². The molecule has 0 fully saturated rings. The van der Waals surface area contributed by atoms with E-state index in [4.69, 9.17) is 33.7 Å². The number of carbonyl (C=O) groups excluding carboxylic acids is 1. The smallest absolute Gasteiger partial charge is 0.248 e. The second kappa shape index (κ2) is 5.95. The molecule has 2 aromatic rings. The fourth-order valence-corrected chi connectivity index (χ4v) is 1.87. The van der Waals surface area contributed by atoms with Gasteiger partial charge in [-0.15, -0.1) is 0 Å². The Balaban J connectivity index is 2.06. The highest BCUT2D eigenvalue weighted by atomic mass is 35.5. The summed E-state index contributed by atoms with van der Waals surface area (Å²) in [5.41, 5.74) is 6.53. The van der Waals surface area contributed by atoms with Gasteiger partial charge in [-0.1, -0.05) is 41.4 Å². The monoisotopic (exact) mass is 295 g/mol. The summed E-state index contributed by atoms with van der Waals surface area (Å²) in [7, 11) is 0. The zero-order chi connectivity index (χ0) is 13.8. The number of ether oxygens (including phenoxy) is 1. The quantitative estimate of drug-likeness (QED) is 0.935. The molecule has 0 aromatic heterocycles. The van der Waals surface area contributed by atoms with Gasteiger partial charge in [-0.2, -0.15) is 0 Å². The molecule has 0 aliphatic rings. The van der Waals surface area contributed by atoms with Gasteiger partial charge >= 0.3 is 0 Å². The Hall–Kier alpha value is -1.71. The van der Waals surface area contributed by atoms with Gasteiger partial charge in [0.15, 0.2) is 0 Å². The Bertz CT molecular complexity index is 597. The average Bonchev–Trinajstić information content (AvgIpc) is 2.41. The van der Waals surface area contributed by atoms with Gasteiger partial charge in [0.1, 0.15) is 17.4 Å². The van der Waals surface area contributed by atoms with Gasteiger partial charge in [0.2, 0.25) is 5.91 Å². The van der Waals surface area contributed by atoms with Crippen LogP contribution < -0.4 is 10.5 Å². The fourth-order valence-electron chi connectivity index (χ4n) is 1.52. The second-order valence-electron chi connectivity index (χ2n) is 3.90. The average molecular weight is 296 g/mol. The van der Waals surface area contributed by atoms with Crippen molar-refractivity contribution in [2.24, 2.45) is 5.73 Å². The van der Waals surface area contributed by atoms with Gasteiger partial charge < -0.3 is 10.5 Å². The lowest BCUT2D eigenvalue weighted by atomic mass is 10.1. The molecule has 2 aromatic carbocycles. The van der Waals surface area contributed by atoms with Crippen LogP contribution in [0.5, 0.6) is 5.75 Å². The van der Waals surface area contributed by atoms with E-state index in [0.29, 0.717) is 28.0 Å². The third kappa shape index (κ3) is 3.40. The van der Waals surface area contributed by atoms with Gasteiger partial charge in [-0.25, -0.2) is 0 Å². The zero-order valence-corrected chi connectivity index (χ0v) is 11.4. The minimum atomic E-state index is -0.453. The Morgan fingerprint density at radius 3 is 2.42 bits per heavy atom. The molecule has 2 N–H and O–H groups in total. The van der Waals surface area contributed by atoms with Crippen LogP contribution in [0.25, 0.3) is 0 Å². The topological polar surface area (TPSA) is 52.3 Å². The molecule has 0 unspecified atom stereocenters. The summed E-state index contributed by atoms with van der Waals surface area (Å²) in [6.07, 6.45) is 0. The number of hydrogen-bond donors (Lipinski definition) is 1. The normalized spacial score (nSPS) is 10.2. The van der Waals surface area contributed by atoms with Crippen LogP contribution in [0.2, 0.25) is 10.0 Å². The zero-order valence-electron chi connectivity index (χ0n) is 9.90. The van der Waals surface area contributed by atoms with Crippen molar-refractivity contribution >= 4 is 29.1 Å². The summed E-state index contributed by atoms with van der Waals surface area (Å²) in [6, 6.07) is 12.1. The van der Waals surface area contributed by atoms with E-state index in [-0.39, 0.29) is 0 Å². The minimum absolute atomic E-state index is 0.332. The lowest BCUT2D eigenvalue weighted by Crippen LogP contribution is -2.10. The summed E-state index contributed by atoms with van der Waals surface area (Å²) >= 11 is 11.9. The number of carbonyl (C=O) groups is 1. The Morgan fingerprint density at radius 2 is 1.79 bits per heavy atom. The lowest BCUT2D eigenvalue weighted by Gasteiger charge is -2.09. The fraction of sp³-hybridized carbons (Fsp3) is 0.0714. The molecular formula is C14H11Cl2NO2. The molecule has 0 aliphatic heterocycles. The molecule has 19 heavy (non-hydrogen) atoms. The Labute approximate surface area is 120 Å². The van der Waals surface area contributed by atoms with Crippen molar-refractivity contribution in [1.29, 1.82) is 0 Å². The SMILES string of the molecule is NC(=O)c1ccc(COc2cccc(Cl)c2Cl)cc1. The van der Waals surface area contributed by atoms with Crippen LogP contribution in [-0.4, -0.2) is 5.91 Å². The molecule has 0 radical (unpaired) electrons. The predicted molar refractivity (Wildman–Crippen MR) is 75.8 cm³/mol. The molecule has 0 aliphatic carbocycles. The van der Waals surface area contributed by atoms with Gasteiger partial charge in [-0.3, -0.25) is 4.79 Å². The van der Waals surface area contributed by atoms with E-state index in [9.17, 15) is 4.79 Å². The van der Waals surface area contributed by atoms with E-state index in [1.165, 1.54) is 0 Å². The van der Waals surface area contributed by atoms with Crippen LogP contribution in [0.4, 0.5) is 0 Å². The molecule has 0 saturated carbocycles. The Morgan fingerprint density at radius 1 is 1.11 bits per heavy atom. The number of halogens is 2. The van der Waals surface area contributed by atoms with Crippen LogP contribution in [0.3, 0.4) is 0 Å². The number of nitrogens with two attached hydrogens (primary N) is 1. The van der Waals surface area contributed by atoms with E-state index < -0.39 is 5.91 Å². The van der Waals surface area contributed by atoms with Crippen molar-refractivity contribution < 1.29 is 9.53 Å². The summed E-state index contributed by atoms with van der Waals surface area (Å²) in [5, 5.41) is 0.834. The number of benzene rings is 2. The highest BCUT2D eigenvalue weighted by molar-refractivity contribution is 6.42. The van der Waals surface area contributed by atoms with Crippen LogP contribution in [-0.2, 0) is 6.61 Å². The second-order valence-corrected chi connectivity index (χ2v) is 4.69. The van der Waals surface area contributed by atoms with E-state index >= 15 is 0 Å². The molecule has 0 heterocycles. The molecule has 0 atom stereocenters. The summed E-state index contributed by atoms with van der Waals surface area (Å²) in [4.78, 5) is 10.9.